The summed E-state index contributed by atoms with van der Waals surface area (Å²) in [6, 6.07) is 5.38. The molecule has 0 aliphatic carbocycles. The number of aromatic carboxylic acids is 1. The lowest BCUT2D eigenvalue weighted by Gasteiger charge is -2.09. The number of benzene rings is 1. The van der Waals surface area contributed by atoms with Gasteiger partial charge in [-0.1, -0.05) is 11.6 Å². The number of nitrogens with zero attached hydrogens (tertiary/aromatic N) is 1. The van der Waals surface area contributed by atoms with E-state index in [4.69, 9.17) is 16.7 Å². The predicted molar refractivity (Wildman–Crippen MR) is 73.6 cm³/mol. The van der Waals surface area contributed by atoms with Crippen LogP contribution in [-0.2, 0) is 0 Å². The lowest BCUT2D eigenvalue weighted by Crippen LogP contribution is -2.01. The number of carboxylic acid groups (broad SMARTS) is 1. The van der Waals surface area contributed by atoms with Crippen molar-refractivity contribution in [3.63, 3.8) is 0 Å². The lowest BCUT2D eigenvalue weighted by molar-refractivity contribution is 0.0696. The zero-order valence-corrected chi connectivity index (χ0v) is 11.7. The van der Waals surface area contributed by atoms with Crippen LogP contribution in [0, 0.1) is 5.82 Å². The van der Waals surface area contributed by atoms with E-state index < -0.39 is 5.97 Å². The van der Waals surface area contributed by atoms with Crippen molar-refractivity contribution in [2.75, 3.05) is 5.32 Å². The van der Waals surface area contributed by atoms with Crippen molar-refractivity contribution in [1.82, 2.24) is 4.98 Å². The third kappa shape index (κ3) is 3.21. The molecule has 2 aromatic rings. The fourth-order valence-corrected chi connectivity index (χ4v) is 2.03. The van der Waals surface area contributed by atoms with Gasteiger partial charge in [-0.15, -0.1) is 0 Å². The molecule has 0 spiro atoms. The van der Waals surface area contributed by atoms with Gasteiger partial charge in [-0.25, -0.2) is 14.2 Å². The molecule has 0 radical (unpaired) electrons. The fourth-order valence-electron chi connectivity index (χ4n) is 1.37. The van der Waals surface area contributed by atoms with Gasteiger partial charge in [0.05, 0.1) is 16.3 Å². The molecule has 98 valence electrons. The van der Waals surface area contributed by atoms with Crippen molar-refractivity contribution in [3.05, 3.63) is 51.3 Å². The Morgan fingerprint density at radius 2 is 2.16 bits per heavy atom. The normalized spacial score (nSPS) is 10.3. The van der Waals surface area contributed by atoms with Crippen LogP contribution in [-0.4, -0.2) is 16.1 Å². The van der Waals surface area contributed by atoms with Crippen LogP contribution in [0.1, 0.15) is 10.4 Å². The van der Waals surface area contributed by atoms with Gasteiger partial charge in [-0.3, -0.25) is 0 Å². The predicted octanol–water partition coefficient (Wildman–Crippen LogP) is 4.08. The Balaban J connectivity index is 2.31. The molecule has 0 aliphatic rings. The number of carbonyl (C=O) groups is 1. The van der Waals surface area contributed by atoms with Crippen LogP contribution in [0.5, 0.6) is 0 Å². The van der Waals surface area contributed by atoms with E-state index in [1.165, 1.54) is 30.5 Å². The molecular weight excluding hydrogens is 338 g/mol. The van der Waals surface area contributed by atoms with Crippen LogP contribution >= 0.6 is 27.5 Å². The molecule has 0 unspecified atom stereocenters. The number of aromatic nitrogens is 1. The average Bonchev–Trinajstić information content (AvgIpc) is 2.34. The van der Waals surface area contributed by atoms with Gasteiger partial charge in [0.1, 0.15) is 11.6 Å². The Morgan fingerprint density at radius 3 is 2.74 bits per heavy atom. The minimum absolute atomic E-state index is 0.00581. The van der Waals surface area contributed by atoms with Crippen molar-refractivity contribution < 1.29 is 14.3 Å². The topological polar surface area (TPSA) is 62.2 Å². The smallest absolute Gasteiger partial charge is 0.337 e. The summed E-state index contributed by atoms with van der Waals surface area (Å²) in [4.78, 5) is 14.7. The van der Waals surface area contributed by atoms with Crippen molar-refractivity contribution in [3.8, 4) is 0 Å². The van der Waals surface area contributed by atoms with Gasteiger partial charge in [0.25, 0.3) is 0 Å². The highest BCUT2D eigenvalue weighted by molar-refractivity contribution is 9.10. The molecule has 0 amide bonds. The van der Waals surface area contributed by atoms with E-state index in [0.29, 0.717) is 16.0 Å². The third-order valence-electron chi connectivity index (χ3n) is 2.27. The first-order valence-corrected chi connectivity index (χ1v) is 6.25. The van der Waals surface area contributed by atoms with Crippen LogP contribution in [0.4, 0.5) is 15.9 Å². The van der Waals surface area contributed by atoms with E-state index in [2.05, 4.69) is 26.2 Å². The second kappa shape index (κ2) is 5.54. The number of anilines is 2. The Labute approximate surface area is 121 Å². The minimum atomic E-state index is -1.11. The zero-order valence-electron chi connectivity index (χ0n) is 9.32. The Kier molecular flexibility index (Phi) is 4.01. The third-order valence-corrected chi connectivity index (χ3v) is 3.22. The SMILES string of the molecule is O=C(O)c1cnc(Nc2ccc(F)cc2Br)c(Cl)c1. The summed E-state index contributed by atoms with van der Waals surface area (Å²) in [5, 5.41) is 11.8. The molecule has 0 fully saturated rings. The number of hydrogen-bond donors (Lipinski definition) is 2. The number of pyridine rings is 1. The monoisotopic (exact) mass is 344 g/mol. The summed E-state index contributed by atoms with van der Waals surface area (Å²) in [5.41, 5.74) is 0.563. The summed E-state index contributed by atoms with van der Waals surface area (Å²) in [5.74, 6) is -1.19. The molecule has 2 N–H and O–H groups in total. The fraction of sp³-hybridized carbons (Fsp3) is 0. The summed E-state index contributed by atoms with van der Waals surface area (Å²) in [7, 11) is 0. The van der Waals surface area contributed by atoms with Crippen LogP contribution in [0.25, 0.3) is 0 Å². The first-order valence-electron chi connectivity index (χ1n) is 5.08. The Hall–Kier alpha value is -1.66. The van der Waals surface area contributed by atoms with Crippen molar-refractivity contribution in [2.24, 2.45) is 0 Å². The van der Waals surface area contributed by atoms with Crippen molar-refractivity contribution >= 4 is 45.0 Å². The van der Waals surface area contributed by atoms with Crippen LogP contribution < -0.4 is 5.32 Å². The molecule has 0 saturated carbocycles. The average molecular weight is 346 g/mol. The number of carboxylic acids is 1. The maximum absolute atomic E-state index is 12.9. The van der Waals surface area contributed by atoms with E-state index in [1.807, 2.05) is 0 Å². The van der Waals surface area contributed by atoms with Gasteiger partial charge >= 0.3 is 5.97 Å². The molecule has 4 nitrogen and oxygen atoms in total. The zero-order chi connectivity index (χ0) is 14.0. The van der Waals surface area contributed by atoms with E-state index in [9.17, 15) is 9.18 Å². The number of rotatable bonds is 3. The quantitative estimate of drug-likeness (QED) is 0.880. The van der Waals surface area contributed by atoms with Crippen LogP contribution in [0.15, 0.2) is 34.9 Å². The van der Waals surface area contributed by atoms with Crippen molar-refractivity contribution in [1.29, 1.82) is 0 Å². The van der Waals surface area contributed by atoms with E-state index in [1.54, 1.807) is 0 Å². The maximum atomic E-state index is 12.9. The molecule has 0 aliphatic heterocycles. The maximum Gasteiger partial charge on any atom is 0.337 e. The van der Waals surface area contributed by atoms with Gasteiger partial charge in [0.2, 0.25) is 0 Å². The lowest BCUT2D eigenvalue weighted by atomic mass is 10.2. The highest BCUT2D eigenvalue weighted by atomic mass is 79.9. The standard InChI is InChI=1S/C12H7BrClFN2O2/c13-8-4-7(15)1-2-10(8)17-11-9(14)3-6(5-16-11)12(18)19/h1-5H,(H,16,17)(H,18,19). The van der Waals surface area contributed by atoms with Gasteiger partial charge in [-0.2, -0.15) is 0 Å². The van der Waals surface area contributed by atoms with Gasteiger partial charge in [0, 0.05) is 10.7 Å². The first-order chi connectivity index (χ1) is 8.97. The molecule has 0 saturated heterocycles. The molecule has 1 heterocycles. The highest BCUT2D eigenvalue weighted by Gasteiger charge is 2.10. The van der Waals surface area contributed by atoms with Crippen LogP contribution in [0.3, 0.4) is 0 Å². The largest absolute Gasteiger partial charge is 0.478 e. The van der Waals surface area contributed by atoms with Crippen molar-refractivity contribution in [2.45, 2.75) is 0 Å². The van der Waals surface area contributed by atoms with E-state index in [0.717, 1.165) is 0 Å². The van der Waals surface area contributed by atoms with Gasteiger partial charge in [0.15, 0.2) is 0 Å². The van der Waals surface area contributed by atoms with E-state index in [-0.39, 0.29) is 16.4 Å². The number of hydrogen-bond acceptors (Lipinski definition) is 3. The molecule has 0 bridgehead atoms. The van der Waals surface area contributed by atoms with E-state index >= 15 is 0 Å². The molecule has 7 heteroatoms. The summed E-state index contributed by atoms with van der Waals surface area (Å²) in [6.45, 7) is 0. The summed E-state index contributed by atoms with van der Waals surface area (Å²) < 4.78 is 13.4. The first kappa shape index (κ1) is 13.8. The van der Waals surface area contributed by atoms with Gasteiger partial charge < -0.3 is 10.4 Å². The molecule has 1 aromatic heterocycles. The second-order valence-electron chi connectivity index (χ2n) is 3.61. The number of nitrogens with one attached hydrogen (secondary N) is 1. The highest BCUT2D eigenvalue weighted by Crippen LogP contribution is 2.29. The molecular formula is C12H7BrClFN2O2. The minimum Gasteiger partial charge on any atom is -0.478 e. The Bertz CT molecular complexity index is 652. The molecule has 19 heavy (non-hydrogen) atoms. The molecule has 2 rings (SSSR count). The number of halogens is 3. The van der Waals surface area contributed by atoms with Gasteiger partial charge in [-0.05, 0) is 40.2 Å². The molecule has 1 aromatic carbocycles. The molecule has 0 atom stereocenters. The summed E-state index contributed by atoms with van der Waals surface area (Å²) in [6.07, 6.45) is 1.19. The Morgan fingerprint density at radius 1 is 1.42 bits per heavy atom. The van der Waals surface area contributed by atoms with Crippen LogP contribution in [0.2, 0.25) is 5.02 Å². The summed E-state index contributed by atoms with van der Waals surface area (Å²) >= 11 is 9.13. The second-order valence-corrected chi connectivity index (χ2v) is 4.87.